The van der Waals surface area contributed by atoms with Gasteiger partial charge in [-0.1, -0.05) is 0 Å². The molecule has 2 rings (SSSR count). The largest absolute Gasteiger partial charge is 0.497 e. The summed E-state index contributed by atoms with van der Waals surface area (Å²) in [5.41, 5.74) is 1.19. The van der Waals surface area contributed by atoms with E-state index < -0.39 is 15.9 Å². The Labute approximate surface area is 169 Å². The lowest BCUT2D eigenvalue weighted by Crippen LogP contribution is -2.25. The number of hydrogen-bond acceptors (Lipinski definition) is 6. The zero-order valence-corrected chi connectivity index (χ0v) is 17.3. The second-order valence-corrected chi connectivity index (χ2v) is 7.92. The van der Waals surface area contributed by atoms with E-state index in [1.807, 2.05) is 0 Å². The van der Waals surface area contributed by atoms with Crippen LogP contribution in [0.1, 0.15) is 22.8 Å². The average molecular weight is 421 g/mol. The van der Waals surface area contributed by atoms with Crippen LogP contribution in [-0.2, 0) is 21.4 Å². The molecule has 0 unspecified atom stereocenters. The van der Waals surface area contributed by atoms with Gasteiger partial charge in [-0.2, -0.15) is 0 Å². The topological polar surface area (TPSA) is 123 Å². The molecule has 0 heterocycles. The molecule has 0 aromatic heterocycles. The number of methoxy groups -OCH3 is 2. The summed E-state index contributed by atoms with van der Waals surface area (Å²) in [7, 11) is -0.569. The van der Waals surface area contributed by atoms with E-state index in [2.05, 4.69) is 15.4 Å². The lowest BCUT2D eigenvalue weighted by atomic mass is 10.1. The number of ether oxygens (including phenoxy) is 2. The van der Waals surface area contributed by atoms with Crippen molar-refractivity contribution in [1.82, 2.24) is 5.32 Å². The smallest absolute Gasteiger partial charge is 0.253 e. The molecule has 156 valence electrons. The number of hydrogen-bond donors (Lipinski definition) is 3. The molecule has 2 aromatic rings. The van der Waals surface area contributed by atoms with Gasteiger partial charge in [0.1, 0.15) is 11.5 Å². The summed E-state index contributed by atoms with van der Waals surface area (Å²) in [6.45, 7) is 1.44. The summed E-state index contributed by atoms with van der Waals surface area (Å²) >= 11 is 0. The van der Waals surface area contributed by atoms with Gasteiger partial charge >= 0.3 is 0 Å². The molecule has 10 heteroatoms. The van der Waals surface area contributed by atoms with Crippen molar-refractivity contribution in [3.8, 4) is 11.5 Å². The fourth-order valence-electron chi connectivity index (χ4n) is 2.59. The Morgan fingerprint density at radius 3 is 2.34 bits per heavy atom. The van der Waals surface area contributed by atoms with Gasteiger partial charge in [0.2, 0.25) is 15.9 Å². The number of amides is 2. The van der Waals surface area contributed by atoms with Gasteiger partial charge in [-0.25, -0.2) is 8.42 Å². The van der Waals surface area contributed by atoms with Crippen molar-refractivity contribution in [1.29, 1.82) is 0 Å². The van der Waals surface area contributed by atoms with Crippen molar-refractivity contribution in [2.24, 2.45) is 0 Å². The molecule has 0 spiro atoms. The van der Waals surface area contributed by atoms with Crippen molar-refractivity contribution in [3.63, 3.8) is 0 Å². The van der Waals surface area contributed by atoms with Gasteiger partial charge in [-0.15, -0.1) is 0 Å². The summed E-state index contributed by atoms with van der Waals surface area (Å²) in [5.74, 6) is 0.309. The summed E-state index contributed by atoms with van der Waals surface area (Å²) in [6, 6.07) is 9.48. The second kappa shape index (κ2) is 9.28. The summed E-state index contributed by atoms with van der Waals surface area (Å²) in [5, 5.41) is 5.29. The minimum absolute atomic E-state index is 0.0588. The standard InChI is InChI=1S/C19H23N3O6S/c1-12(23)21-14-5-7-17(22-29(4,25)26)16(10-14)19(24)20-11-13-9-15(27-2)6-8-18(13)28-3/h5-10,22H,11H2,1-4H3,(H,20,24)(H,21,23). The second-order valence-electron chi connectivity index (χ2n) is 6.18. The highest BCUT2D eigenvalue weighted by Crippen LogP contribution is 2.25. The Morgan fingerprint density at radius 2 is 1.76 bits per heavy atom. The first kappa shape index (κ1) is 22.0. The Balaban J connectivity index is 2.31. The summed E-state index contributed by atoms with van der Waals surface area (Å²) in [4.78, 5) is 24.1. The fourth-order valence-corrected chi connectivity index (χ4v) is 3.17. The van der Waals surface area contributed by atoms with E-state index in [0.29, 0.717) is 22.7 Å². The van der Waals surface area contributed by atoms with Crippen molar-refractivity contribution in [2.75, 3.05) is 30.5 Å². The van der Waals surface area contributed by atoms with E-state index in [-0.39, 0.29) is 23.7 Å². The van der Waals surface area contributed by atoms with Crippen molar-refractivity contribution in [3.05, 3.63) is 47.5 Å². The third kappa shape index (κ3) is 6.39. The number of anilines is 2. The number of rotatable bonds is 8. The van der Waals surface area contributed by atoms with Gasteiger partial charge in [0, 0.05) is 24.7 Å². The third-order valence-corrected chi connectivity index (χ3v) is 4.40. The van der Waals surface area contributed by atoms with Gasteiger partial charge in [-0.3, -0.25) is 14.3 Å². The maximum atomic E-state index is 12.8. The molecule has 0 aliphatic heterocycles. The van der Waals surface area contributed by atoms with Crippen molar-refractivity contribution >= 4 is 33.2 Å². The number of sulfonamides is 1. The molecule has 0 bridgehead atoms. The third-order valence-electron chi connectivity index (χ3n) is 3.81. The molecule has 0 radical (unpaired) electrons. The van der Waals surface area contributed by atoms with E-state index in [4.69, 9.17) is 9.47 Å². The molecule has 2 amide bonds. The Morgan fingerprint density at radius 1 is 1.03 bits per heavy atom. The van der Waals surface area contributed by atoms with Crippen molar-refractivity contribution < 1.29 is 27.5 Å². The van der Waals surface area contributed by atoms with Crippen LogP contribution in [0.15, 0.2) is 36.4 Å². The van der Waals surface area contributed by atoms with E-state index in [9.17, 15) is 18.0 Å². The van der Waals surface area contributed by atoms with Crippen LogP contribution in [0.25, 0.3) is 0 Å². The van der Waals surface area contributed by atoms with Gasteiger partial charge < -0.3 is 20.1 Å². The highest BCUT2D eigenvalue weighted by Gasteiger charge is 2.16. The minimum Gasteiger partial charge on any atom is -0.497 e. The van der Waals surface area contributed by atoms with Crippen LogP contribution in [-0.4, -0.2) is 40.7 Å². The molecule has 9 nitrogen and oxygen atoms in total. The Bertz CT molecular complexity index is 1020. The summed E-state index contributed by atoms with van der Waals surface area (Å²) in [6.07, 6.45) is 0.984. The molecule has 0 saturated carbocycles. The fraction of sp³-hybridized carbons (Fsp3) is 0.263. The molecule has 0 aliphatic rings. The number of carbonyl (C=O) groups is 2. The zero-order valence-electron chi connectivity index (χ0n) is 16.5. The molecule has 29 heavy (non-hydrogen) atoms. The van der Waals surface area contributed by atoms with E-state index in [1.165, 1.54) is 39.3 Å². The van der Waals surface area contributed by atoms with Crippen LogP contribution in [0.5, 0.6) is 11.5 Å². The monoisotopic (exact) mass is 421 g/mol. The zero-order chi connectivity index (χ0) is 21.6. The van der Waals surface area contributed by atoms with Crippen molar-refractivity contribution in [2.45, 2.75) is 13.5 Å². The number of benzene rings is 2. The van der Waals surface area contributed by atoms with Gasteiger partial charge in [0.15, 0.2) is 0 Å². The average Bonchev–Trinajstić information content (AvgIpc) is 2.65. The maximum absolute atomic E-state index is 12.8. The predicted molar refractivity (Wildman–Crippen MR) is 110 cm³/mol. The summed E-state index contributed by atoms with van der Waals surface area (Å²) < 4.78 is 36.0. The SMILES string of the molecule is COc1ccc(OC)c(CNC(=O)c2cc(NC(C)=O)ccc2NS(C)(=O)=O)c1. The van der Waals surface area contributed by atoms with Gasteiger partial charge in [0.05, 0.1) is 31.7 Å². The lowest BCUT2D eigenvalue weighted by molar-refractivity contribution is -0.114. The van der Waals surface area contributed by atoms with E-state index >= 15 is 0 Å². The van der Waals surface area contributed by atoms with Crippen LogP contribution in [0, 0.1) is 0 Å². The highest BCUT2D eigenvalue weighted by atomic mass is 32.2. The molecular weight excluding hydrogens is 398 g/mol. The van der Waals surface area contributed by atoms with Crippen LogP contribution in [0.2, 0.25) is 0 Å². The first-order chi connectivity index (χ1) is 13.6. The van der Waals surface area contributed by atoms with Gasteiger partial charge in [0.25, 0.3) is 5.91 Å². The van der Waals surface area contributed by atoms with Crippen LogP contribution in [0.4, 0.5) is 11.4 Å². The molecule has 0 aliphatic carbocycles. The van der Waals surface area contributed by atoms with Gasteiger partial charge in [-0.05, 0) is 36.4 Å². The van der Waals surface area contributed by atoms with Crippen LogP contribution in [0.3, 0.4) is 0 Å². The molecule has 3 N–H and O–H groups in total. The molecular formula is C19H23N3O6S. The maximum Gasteiger partial charge on any atom is 0.253 e. The molecule has 0 fully saturated rings. The quantitative estimate of drug-likeness (QED) is 0.599. The molecule has 0 atom stereocenters. The lowest BCUT2D eigenvalue weighted by Gasteiger charge is -2.15. The first-order valence-corrected chi connectivity index (χ1v) is 10.4. The predicted octanol–water partition coefficient (Wildman–Crippen LogP) is 1.96. The van der Waals surface area contributed by atoms with Crippen LogP contribution < -0.4 is 24.8 Å². The minimum atomic E-state index is -3.61. The van der Waals surface area contributed by atoms with Crippen LogP contribution >= 0.6 is 0 Å². The Hall–Kier alpha value is -3.27. The Kier molecular flexibility index (Phi) is 7.05. The molecule has 2 aromatic carbocycles. The highest BCUT2D eigenvalue weighted by molar-refractivity contribution is 7.92. The molecule has 0 saturated heterocycles. The normalized spacial score (nSPS) is 10.8. The first-order valence-electron chi connectivity index (χ1n) is 8.51. The van der Waals surface area contributed by atoms with E-state index in [1.54, 1.807) is 18.2 Å². The van der Waals surface area contributed by atoms with E-state index in [0.717, 1.165) is 6.26 Å². The number of carbonyl (C=O) groups excluding carboxylic acids is 2. The number of nitrogens with one attached hydrogen (secondary N) is 3.